The topological polar surface area (TPSA) is 50.1 Å². The first kappa shape index (κ1) is 16.4. The van der Waals surface area contributed by atoms with Crippen LogP contribution in [0.25, 0.3) is 5.52 Å². The fourth-order valence-electron chi connectivity index (χ4n) is 2.60. The van der Waals surface area contributed by atoms with Crippen LogP contribution in [0.2, 0.25) is 0 Å². The molecule has 0 bridgehead atoms. The summed E-state index contributed by atoms with van der Waals surface area (Å²) in [7, 11) is 0. The summed E-state index contributed by atoms with van der Waals surface area (Å²) in [6.45, 7) is 8.60. The Bertz CT molecular complexity index is 714. The van der Waals surface area contributed by atoms with Crippen molar-refractivity contribution in [3.8, 4) is 0 Å². The molecule has 6 nitrogen and oxygen atoms in total. The van der Waals surface area contributed by atoms with E-state index in [0.717, 1.165) is 27.9 Å². The van der Waals surface area contributed by atoms with Crippen molar-refractivity contribution in [2.75, 3.05) is 31.1 Å². The first-order chi connectivity index (χ1) is 10.8. The molecule has 0 aromatic carbocycles. The van der Waals surface area contributed by atoms with Gasteiger partial charge in [0.05, 0.1) is 27.2 Å². The molecule has 0 radical (unpaired) electrons. The van der Waals surface area contributed by atoms with Crippen molar-refractivity contribution >= 4 is 39.9 Å². The van der Waals surface area contributed by atoms with Gasteiger partial charge >= 0.3 is 6.09 Å². The third kappa shape index (κ3) is 3.70. The lowest BCUT2D eigenvalue weighted by Gasteiger charge is -2.36. The summed E-state index contributed by atoms with van der Waals surface area (Å²) in [5, 5.41) is 4.36. The van der Waals surface area contributed by atoms with E-state index in [0.29, 0.717) is 13.1 Å². The van der Waals surface area contributed by atoms with Crippen LogP contribution in [0.5, 0.6) is 0 Å². The summed E-state index contributed by atoms with van der Waals surface area (Å²) < 4.78 is 8.47. The van der Waals surface area contributed by atoms with Gasteiger partial charge in [-0.3, -0.25) is 0 Å². The first-order valence-corrected chi connectivity index (χ1v) is 8.77. The number of hydrogen-bond donors (Lipinski definition) is 0. The molecule has 0 aliphatic carbocycles. The second-order valence-electron chi connectivity index (χ2n) is 6.66. The van der Waals surface area contributed by atoms with E-state index in [-0.39, 0.29) is 6.09 Å². The maximum Gasteiger partial charge on any atom is 0.410 e. The normalized spacial score (nSPS) is 16.0. The fourth-order valence-corrected chi connectivity index (χ4v) is 3.15. The van der Waals surface area contributed by atoms with E-state index in [1.807, 2.05) is 37.7 Å². The average molecular weight is 428 g/mol. The van der Waals surface area contributed by atoms with Crippen LogP contribution in [0.1, 0.15) is 20.8 Å². The standard InChI is InChI=1S/C16H21IN4O2/c1-16(2,3)23-15(22)20-8-6-19(7-9-20)12-4-5-14-13(17)10-18-21(14)11-12/h4-5,10-11H,6-9H2,1-3H3. The van der Waals surface area contributed by atoms with Crippen molar-refractivity contribution in [3.05, 3.63) is 28.1 Å². The largest absolute Gasteiger partial charge is 0.444 e. The van der Waals surface area contributed by atoms with Crippen molar-refractivity contribution in [1.82, 2.24) is 14.5 Å². The molecule has 3 heterocycles. The van der Waals surface area contributed by atoms with Gasteiger partial charge in [0.1, 0.15) is 5.60 Å². The van der Waals surface area contributed by atoms with E-state index < -0.39 is 5.60 Å². The third-order valence-electron chi connectivity index (χ3n) is 3.75. The van der Waals surface area contributed by atoms with Crippen molar-refractivity contribution in [2.24, 2.45) is 0 Å². The number of aromatic nitrogens is 2. The lowest BCUT2D eigenvalue weighted by atomic mass is 10.2. The zero-order valence-corrected chi connectivity index (χ0v) is 15.8. The van der Waals surface area contributed by atoms with Gasteiger partial charge in [0.25, 0.3) is 0 Å². The molecule has 1 fully saturated rings. The van der Waals surface area contributed by atoms with Gasteiger partial charge in [-0.25, -0.2) is 9.31 Å². The molecular formula is C16H21IN4O2. The maximum atomic E-state index is 12.1. The highest BCUT2D eigenvalue weighted by molar-refractivity contribution is 14.1. The first-order valence-electron chi connectivity index (χ1n) is 7.69. The molecule has 0 N–H and O–H groups in total. The van der Waals surface area contributed by atoms with Crippen molar-refractivity contribution < 1.29 is 9.53 Å². The van der Waals surface area contributed by atoms with Crippen LogP contribution in [0, 0.1) is 3.57 Å². The molecule has 1 aliphatic rings. The van der Waals surface area contributed by atoms with Crippen LogP contribution in [0.4, 0.5) is 10.5 Å². The van der Waals surface area contributed by atoms with Gasteiger partial charge in [-0.15, -0.1) is 0 Å². The van der Waals surface area contributed by atoms with E-state index in [4.69, 9.17) is 4.74 Å². The van der Waals surface area contributed by atoms with E-state index in [9.17, 15) is 4.79 Å². The monoisotopic (exact) mass is 428 g/mol. The maximum absolute atomic E-state index is 12.1. The number of ether oxygens (including phenoxy) is 1. The number of nitrogens with zero attached hydrogens (tertiary/aromatic N) is 4. The molecule has 2 aromatic heterocycles. The molecule has 7 heteroatoms. The highest BCUT2D eigenvalue weighted by atomic mass is 127. The summed E-state index contributed by atoms with van der Waals surface area (Å²) in [5.74, 6) is 0. The highest BCUT2D eigenvalue weighted by Gasteiger charge is 2.26. The number of halogens is 1. The zero-order chi connectivity index (χ0) is 16.6. The Morgan fingerprint density at radius 3 is 2.57 bits per heavy atom. The van der Waals surface area contributed by atoms with Gasteiger partial charge in [-0.05, 0) is 55.5 Å². The van der Waals surface area contributed by atoms with Gasteiger partial charge in [0.2, 0.25) is 0 Å². The molecule has 124 valence electrons. The van der Waals surface area contributed by atoms with Gasteiger partial charge < -0.3 is 14.5 Å². The summed E-state index contributed by atoms with van der Waals surface area (Å²) in [5.41, 5.74) is 1.79. The zero-order valence-electron chi connectivity index (χ0n) is 13.6. The van der Waals surface area contributed by atoms with Crippen LogP contribution >= 0.6 is 22.6 Å². The van der Waals surface area contributed by atoms with Crippen LogP contribution in [-0.2, 0) is 4.74 Å². The molecule has 2 aromatic rings. The molecule has 0 atom stereocenters. The number of carbonyl (C=O) groups excluding carboxylic acids is 1. The predicted molar refractivity (Wildman–Crippen MR) is 97.9 cm³/mol. The fraction of sp³-hybridized carbons (Fsp3) is 0.500. The SMILES string of the molecule is CC(C)(C)OC(=O)N1CCN(c2ccc3c(I)cnn3c2)CC1. The van der Waals surface area contributed by atoms with Crippen LogP contribution in [0.15, 0.2) is 24.5 Å². The minimum atomic E-state index is -0.448. The Morgan fingerprint density at radius 2 is 1.91 bits per heavy atom. The Hall–Kier alpha value is -1.51. The smallest absolute Gasteiger partial charge is 0.410 e. The number of rotatable bonds is 1. The minimum absolute atomic E-state index is 0.228. The third-order valence-corrected chi connectivity index (χ3v) is 4.58. The lowest BCUT2D eigenvalue weighted by Crippen LogP contribution is -2.50. The van der Waals surface area contributed by atoms with E-state index in [1.54, 1.807) is 4.90 Å². The summed E-state index contributed by atoms with van der Waals surface area (Å²) in [6, 6.07) is 4.20. The van der Waals surface area contributed by atoms with Gasteiger partial charge in [-0.2, -0.15) is 5.10 Å². The Kier molecular flexibility index (Phi) is 4.39. The number of hydrogen-bond acceptors (Lipinski definition) is 4. The molecule has 23 heavy (non-hydrogen) atoms. The summed E-state index contributed by atoms with van der Waals surface area (Å²) in [4.78, 5) is 16.2. The molecule has 1 amide bonds. The van der Waals surface area contributed by atoms with Crippen molar-refractivity contribution in [3.63, 3.8) is 0 Å². The average Bonchev–Trinajstić information content (AvgIpc) is 2.87. The number of amides is 1. The highest BCUT2D eigenvalue weighted by Crippen LogP contribution is 2.21. The number of fused-ring (bicyclic) bond motifs is 1. The van der Waals surface area contributed by atoms with E-state index >= 15 is 0 Å². The van der Waals surface area contributed by atoms with E-state index in [1.165, 1.54) is 0 Å². The van der Waals surface area contributed by atoms with Crippen molar-refractivity contribution in [1.29, 1.82) is 0 Å². The predicted octanol–water partition coefficient (Wildman–Crippen LogP) is 3.00. The van der Waals surface area contributed by atoms with Gasteiger partial charge in [0.15, 0.2) is 0 Å². The molecule has 0 saturated carbocycles. The molecule has 1 saturated heterocycles. The van der Waals surface area contributed by atoms with E-state index in [2.05, 4.69) is 44.7 Å². The Balaban J connectivity index is 1.65. The van der Waals surface area contributed by atoms with Gasteiger partial charge in [-0.1, -0.05) is 0 Å². The number of piperazine rings is 1. The lowest BCUT2D eigenvalue weighted by molar-refractivity contribution is 0.0240. The molecule has 0 unspecified atom stereocenters. The Morgan fingerprint density at radius 1 is 1.22 bits per heavy atom. The molecular weight excluding hydrogens is 407 g/mol. The second kappa shape index (κ2) is 6.18. The van der Waals surface area contributed by atoms with Crippen LogP contribution < -0.4 is 4.90 Å². The van der Waals surface area contributed by atoms with Crippen LogP contribution in [0.3, 0.4) is 0 Å². The quantitative estimate of drug-likeness (QED) is 0.656. The molecule has 3 rings (SSSR count). The number of pyridine rings is 1. The number of carbonyl (C=O) groups is 1. The van der Waals surface area contributed by atoms with Gasteiger partial charge in [0, 0.05) is 26.2 Å². The summed E-state index contributed by atoms with van der Waals surface area (Å²) >= 11 is 2.28. The second-order valence-corrected chi connectivity index (χ2v) is 7.83. The summed E-state index contributed by atoms with van der Waals surface area (Å²) in [6.07, 6.45) is 3.68. The minimum Gasteiger partial charge on any atom is -0.444 e. The Labute approximate surface area is 149 Å². The van der Waals surface area contributed by atoms with Crippen LogP contribution in [-0.4, -0.2) is 52.4 Å². The van der Waals surface area contributed by atoms with Crippen molar-refractivity contribution in [2.45, 2.75) is 26.4 Å². The molecule has 1 aliphatic heterocycles. The molecule has 0 spiro atoms. The number of anilines is 1.